The molecule has 0 aromatic heterocycles. The Labute approximate surface area is 119 Å². The van der Waals surface area contributed by atoms with E-state index in [9.17, 15) is 0 Å². The van der Waals surface area contributed by atoms with Crippen molar-refractivity contribution in [1.29, 1.82) is 0 Å². The lowest BCUT2D eigenvalue weighted by Crippen LogP contribution is -2.36. The minimum absolute atomic E-state index is 0.490. The van der Waals surface area contributed by atoms with Gasteiger partial charge in [-0.1, -0.05) is 35.0 Å². The van der Waals surface area contributed by atoms with Crippen molar-refractivity contribution in [3.63, 3.8) is 0 Å². The third kappa shape index (κ3) is 3.56. The average Bonchev–Trinajstić information content (AvgIpc) is 2.81. The maximum absolute atomic E-state index is 3.51. The van der Waals surface area contributed by atoms with Gasteiger partial charge in [0.15, 0.2) is 0 Å². The molecule has 1 aliphatic heterocycles. The van der Waals surface area contributed by atoms with E-state index in [0.29, 0.717) is 5.41 Å². The Hall–Kier alpha value is -0.380. The molecule has 0 saturated carbocycles. The third-order valence-corrected chi connectivity index (χ3v) is 4.58. The van der Waals surface area contributed by atoms with Crippen molar-refractivity contribution >= 4 is 15.9 Å². The highest BCUT2D eigenvalue weighted by molar-refractivity contribution is 9.10. The van der Waals surface area contributed by atoms with E-state index in [0.717, 1.165) is 11.0 Å². The van der Waals surface area contributed by atoms with Gasteiger partial charge in [-0.15, -0.1) is 0 Å². The van der Waals surface area contributed by atoms with Gasteiger partial charge in [0.25, 0.3) is 0 Å². The van der Waals surface area contributed by atoms with Crippen LogP contribution >= 0.6 is 15.9 Å². The maximum atomic E-state index is 3.51. The van der Waals surface area contributed by atoms with Crippen LogP contribution in [0.5, 0.6) is 0 Å². The van der Waals surface area contributed by atoms with E-state index >= 15 is 0 Å². The molecule has 2 nitrogen and oxygen atoms in total. The zero-order valence-corrected chi connectivity index (χ0v) is 13.0. The van der Waals surface area contributed by atoms with Crippen LogP contribution in [0.1, 0.15) is 25.3 Å². The van der Waals surface area contributed by atoms with Crippen LogP contribution in [0.15, 0.2) is 28.7 Å². The number of nitrogens with one attached hydrogen (secondary N) is 1. The molecule has 1 saturated heterocycles. The Kier molecular flexibility index (Phi) is 4.82. The molecule has 1 heterocycles. The molecule has 3 heteroatoms. The van der Waals surface area contributed by atoms with Gasteiger partial charge in [0.1, 0.15) is 0 Å². The molecule has 0 radical (unpaired) electrons. The fraction of sp³-hybridized carbons (Fsp3) is 0.600. The summed E-state index contributed by atoms with van der Waals surface area (Å²) < 4.78 is 1.15. The number of halogens is 1. The second-order valence-corrected chi connectivity index (χ2v) is 6.49. The molecule has 1 unspecified atom stereocenters. The summed E-state index contributed by atoms with van der Waals surface area (Å²) in [6.45, 7) is 6.90. The minimum Gasteiger partial charge on any atom is -0.316 e. The molecule has 2 rings (SSSR count). The van der Waals surface area contributed by atoms with Crippen molar-refractivity contribution in [3.8, 4) is 0 Å². The molecule has 1 aliphatic rings. The summed E-state index contributed by atoms with van der Waals surface area (Å²) in [5.74, 6) is 0. The summed E-state index contributed by atoms with van der Waals surface area (Å²) in [5.41, 5.74) is 1.88. The van der Waals surface area contributed by atoms with Crippen molar-refractivity contribution in [1.82, 2.24) is 10.2 Å². The SMILES string of the molecule is CCC1(CN(C)Cc2ccc(Br)cc2)CCNC1. The lowest BCUT2D eigenvalue weighted by Gasteiger charge is -2.32. The summed E-state index contributed by atoms with van der Waals surface area (Å²) in [4.78, 5) is 2.46. The van der Waals surface area contributed by atoms with Crippen LogP contribution < -0.4 is 5.32 Å². The summed E-state index contributed by atoms with van der Waals surface area (Å²) in [7, 11) is 2.23. The molecular weight excluding hydrogens is 288 g/mol. The lowest BCUT2D eigenvalue weighted by molar-refractivity contribution is 0.179. The first-order valence-electron chi connectivity index (χ1n) is 6.77. The first-order chi connectivity index (χ1) is 8.63. The first-order valence-corrected chi connectivity index (χ1v) is 7.56. The molecule has 1 fully saturated rings. The standard InChI is InChI=1S/C15H23BrN2/c1-3-15(8-9-17-11-15)12-18(2)10-13-4-6-14(16)7-5-13/h4-7,17H,3,8-12H2,1-2H3. The quantitative estimate of drug-likeness (QED) is 0.898. The summed E-state index contributed by atoms with van der Waals surface area (Å²) in [6.07, 6.45) is 2.58. The van der Waals surface area contributed by atoms with Crippen molar-refractivity contribution in [2.45, 2.75) is 26.3 Å². The Morgan fingerprint density at radius 1 is 1.33 bits per heavy atom. The van der Waals surface area contributed by atoms with Gasteiger partial charge in [-0.2, -0.15) is 0 Å². The van der Waals surface area contributed by atoms with Crippen LogP contribution in [0, 0.1) is 5.41 Å². The van der Waals surface area contributed by atoms with Gasteiger partial charge in [-0.05, 0) is 49.5 Å². The zero-order valence-electron chi connectivity index (χ0n) is 11.4. The predicted molar refractivity (Wildman–Crippen MR) is 80.7 cm³/mol. The minimum atomic E-state index is 0.490. The van der Waals surface area contributed by atoms with E-state index in [2.05, 4.69) is 64.4 Å². The zero-order chi connectivity index (χ0) is 13.0. The summed E-state index contributed by atoms with van der Waals surface area (Å²) in [6, 6.07) is 8.64. The second-order valence-electron chi connectivity index (χ2n) is 5.58. The lowest BCUT2D eigenvalue weighted by atomic mass is 9.84. The highest BCUT2D eigenvalue weighted by atomic mass is 79.9. The van der Waals surface area contributed by atoms with Crippen molar-refractivity contribution in [3.05, 3.63) is 34.3 Å². The van der Waals surface area contributed by atoms with E-state index in [1.165, 1.54) is 38.0 Å². The highest BCUT2D eigenvalue weighted by Crippen LogP contribution is 2.30. The molecule has 0 bridgehead atoms. The van der Waals surface area contributed by atoms with Crippen molar-refractivity contribution in [2.75, 3.05) is 26.7 Å². The van der Waals surface area contributed by atoms with Crippen LogP contribution in [0.3, 0.4) is 0 Å². The van der Waals surface area contributed by atoms with Crippen LogP contribution in [0.4, 0.5) is 0 Å². The van der Waals surface area contributed by atoms with Crippen molar-refractivity contribution < 1.29 is 0 Å². The Morgan fingerprint density at radius 2 is 2.06 bits per heavy atom. The fourth-order valence-electron chi connectivity index (χ4n) is 2.87. The second kappa shape index (κ2) is 6.18. The fourth-order valence-corrected chi connectivity index (χ4v) is 3.14. The third-order valence-electron chi connectivity index (χ3n) is 4.05. The molecule has 0 spiro atoms. The molecule has 1 atom stereocenters. The van der Waals surface area contributed by atoms with E-state index in [1.807, 2.05) is 0 Å². The molecule has 100 valence electrons. The normalized spacial score (nSPS) is 23.8. The van der Waals surface area contributed by atoms with Gasteiger partial charge in [-0.25, -0.2) is 0 Å². The van der Waals surface area contributed by atoms with E-state index in [-0.39, 0.29) is 0 Å². The summed E-state index contributed by atoms with van der Waals surface area (Å²) >= 11 is 3.48. The molecule has 0 amide bonds. The van der Waals surface area contributed by atoms with Crippen LogP contribution in [-0.2, 0) is 6.54 Å². The molecule has 1 aromatic carbocycles. The summed E-state index contributed by atoms with van der Waals surface area (Å²) in [5, 5.41) is 3.51. The largest absolute Gasteiger partial charge is 0.316 e. The van der Waals surface area contributed by atoms with E-state index in [1.54, 1.807) is 0 Å². The molecule has 1 N–H and O–H groups in total. The number of nitrogens with zero attached hydrogens (tertiary/aromatic N) is 1. The van der Waals surface area contributed by atoms with Gasteiger partial charge in [0.2, 0.25) is 0 Å². The number of benzene rings is 1. The van der Waals surface area contributed by atoms with Gasteiger partial charge in [0.05, 0.1) is 0 Å². The molecular formula is C15H23BrN2. The Balaban J connectivity index is 1.91. The smallest absolute Gasteiger partial charge is 0.0230 e. The number of rotatable bonds is 5. The maximum Gasteiger partial charge on any atom is 0.0230 e. The highest BCUT2D eigenvalue weighted by Gasteiger charge is 2.32. The Bertz CT molecular complexity index is 369. The molecule has 18 heavy (non-hydrogen) atoms. The first kappa shape index (κ1) is 14.0. The Morgan fingerprint density at radius 3 is 2.61 bits per heavy atom. The van der Waals surface area contributed by atoms with Gasteiger partial charge in [0, 0.05) is 24.1 Å². The van der Waals surface area contributed by atoms with Crippen LogP contribution in [-0.4, -0.2) is 31.6 Å². The topological polar surface area (TPSA) is 15.3 Å². The monoisotopic (exact) mass is 310 g/mol. The van der Waals surface area contributed by atoms with Crippen LogP contribution in [0.25, 0.3) is 0 Å². The van der Waals surface area contributed by atoms with E-state index in [4.69, 9.17) is 0 Å². The predicted octanol–water partition coefficient (Wildman–Crippen LogP) is 3.27. The van der Waals surface area contributed by atoms with Crippen LogP contribution in [0.2, 0.25) is 0 Å². The molecule has 0 aliphatic carbocycles. The van der Waals surface area contributed by atoms with Gasteiger partial charge in [-0.3, -0.25) is 0 Å². The molecule has 1 aromatic rings. The van der Waals surface area contributed by atoms with Gasteiger partial charge < -0.3 is 10.2 Å². The van der Waals surface area contributed by atoms with Crippen molar-refractivity contribution in [2.24, 2.45) is 5.41 Å². The number of hydrogen-bond donors (Lipinski definition) is 1. The number of hydrogen-bond acceptors (Lipinski definition) is 2. The van der Waals surface area contributed by atoms with E-state index < -0.39 is 0 Å². The average molecular weight is 311 g/mol. The van der Waals surface area contributed by atoms with Gasteiger partial charge >= 0.3 is 0 Å².